The van der Waals surface area contributed by atoms with Crippen LogP contribution in [0.25, 0.3) is 0 Å². The normalized spacial score (nSPS) is 10.2. The molecule has 8 heteroatoms. The van der Waals surface area contributed by atoms with E-state index < -0.39 is 16.6 Å². The highest BCUT2D eigenvalue weighted by Crippen LogP contribution is 2.24. The molecule has 0 bridgehead atoms. The van der Waals surface area contributed by atoms with E-state index in [0.717, 1.165) is 18.2 Å². The van der Waals surface area contributed by atoms with Crippen molar-refractivity contribution >= 4 is 23.2 Å². The Morgan fingerprint density at radius 3 is 2.70 bits per heavy atom. The van der Waals surface area contributed by atoms with Crippen LogP contribution in [0, 0.1) is 10.1 Å². The minimum absolute atomic E-state index is 0.119. The number of carbonyl (C=O) groups excluding carboxylic acids is 1. The Bertz CT molecular complexity index is 764. The maximum absolute atomic E-state index is 12.2. The van der Waals surface area contributed by atoms with Crippen LogP contribution in [0.3, 0.4) is 0 Å². The van der Waals surface area contributed by atoms with Crippen LogP contribution in [0.5, 0.6) is 11.5 Å². The van der Waals surface area contributed by atoms with E-state index in [9.17, 15) is 20.0 Å². The highest BCUT2D eigenvalue weighted by atomic mass is 35.5. The molecule has 7 nitrogen and oxygen atoms in total. The number of nitrogens with zero attached hydrogens (tertiary/aromatic N) is 1. The van der Waals surface area contributed by atoms with Gasteiger partial charge in [-0.15, -0.1) is 5.75 Å². The summed E-state index contributed by atoms with van der Waals surface area (Å²) in [7, 11) is 1.41. The third kappa shape index (κ3) is 3.89. The van der Waals surface area contributed by atoms with Gasteiger partial charge in [0.05, 0.1) is 17.6 Å². The van der Waals surface area contributed by atoms with E-state index in [0.29, 0.717) is 10.8 Å². The first-order chi connectivity index (χ1) is 10.9. The summed E-state index contributed by atoms with van der Waals surface area (Å²) in [5.41, 5.74) is 0.112. The molecule has 0 aliphatic rings. The Hall–Kier alpha value is -2.80. The first-order valence-electron chi connectivity index (χ1n) is 6.48. The van der Waals surface area contributed by atoms with Crippen LogP contribution in [0.1, 0.15) is 15.9 Å². The van der Waals surface area contributed by atoms with E-state index in [-0.39, 0.29) is 23.4 Å². The molecule has 0 aromatic heterocycles. The quantitative estimate of drug-likeness (QED) is 0.666. The zero-order valence-corrected chi connectivity index (χ0v) is 12.8. The first-order valence-corrected chi connectivity index (χ1v) is 6.86. The third-order valence-electron chi connectivity index (χ3n) is 3.10. The molecule has 0 unspecified atom stereocenters. The van der Waals surface area contributed by atoms with E-state index >= 15 is 0 Å². The van der Waals surface area contributed by atoms with Crippen molar-refractivity contribution in [1.82, 2.24) is 5.32 Å². The fraction of sp³-hybridized carbons (Fsp3) is 0.133. The van der Waals surface area contributed by atoms with E-state index in [4.69, 9.17) is 16.3 Å². The highest BCUT2D eigenvalue weighted by Gasteiger charge is 2.13. The average Bonchev–Trinajstić information content (AvgIpc) is 2.53. The molecule has 23 heavy (non-hydrogen) atoms. The molecule has 2 aromatic rings. The van der Waals surface area contributed by atoms with Crippen LogP contribution >= 0.6 is 11.6 Å². The van der Waals surface area contributed by atoms with Crippen LogP contribution in [0.2, 0.25) is 5.02 Å². The molecule has 1 amide bonds. The number of non-ortho nitro benzene ring substituents is 1. The zero-order valence-electron chi connectivity index (χ0n) is 12.0. The van der Waals surface area contributed by atoms with E-state index in [1.54, 1.807) is 12.1 Å². The van der Waals surface area contributed by atoms with Crippen molar-refractivity contribution in [3.05, 3.63) is 62.7 Å². The van der Waals surface area contributed by atoms with Gasteiger partial charge in [-0.1, -0.05) is 17.7 Å². The number of methoxy groups -OCH3 is 1. The van der Waals surface area contributed by atoms with Gasteiger partial charge in [0.15, 0.2) is 0 Å². The average molecular weight is 336 g/mol. The molecular weight excluding hydrogens is 324 g/mol. The molecule has 0 aliphatic carbocycles. The Morgan fingerprint density at radius 1 is 1.30 bits per heavy atom. The summed E-state index contributed by atoms with van der Waals surface area (Å²) in [5, 5.41) is 25.3. The molecule has 1 N–H and O–H groups in total. The number of rotatable bonds is 5. The summed E-state index contributed by atoms with van der Waals surface area (Å²) in [6.07, 6.45) is 0. The monoisotopic (exact) mass is 335 g/mol. The number of ether oxygens (including phenoxy) is 1. The topological polar surface area (TPSA) is 105 Å². The maximum Gasteiger partial charge on any atom is 0.269 e. The molecule has 0 fully saturated rings. The van der Waals surface area contributed by atoms with E-state index in [1.807, 2.05) is 0 Å². The van der Waals surface area contributed by atoms with Gasteiger partial charge >= 0.3 is 0 Å². The highest BCUT2D eigenvalue weighted by molar-refractivity contribution is 6.31. The summed E-state index contributed by atoms with van der Waals surface area (Å²) in [4.78, 5) is 22.3. The lowest BCUT2D eigenvalue weighted by Crippen LogP contribution is -2.24. The molecule has 0 spiro atoms. The Labute approximate surface area is 136 Å². The van der Waals surface area contributed by atoms with Gasteiger partial charge in [-0.25, -0.2) is 0 Å². The number of hydrogen-bond donors (Lipinski definition) is 1. The fourth-order valence-electron chi connectivity index (χ4n) is 1.95. The van der Waals surface area contributed by atoms with Crippen molar-refractivity contribution in [2.45, 2.75) is 6.54 Å². The molecule has 0 aliphatic heterocycles. The minimum Gasteiger partial charge on any atom is -0.872 e. The second kappa shape index (κ2) is 6.97. The van der Waals surface area contributed by atoms with Gasteiger partial charge in [-0.05, 0) is 23.8 Å². The Morgan fingerprint density at radius 2 is 2.04 bits per heavy atom. The molecule has 0 saturated carbocycles. The van der Waals surface area contributed by atoms with Crippen molar-refractivity contribution in [3.8, 4) is 11.5 Å². The molecule has 0 saturated heterocycles. The van der Waals surface area contributed by atoms with Gasteiger partial charge < -0.3 is 15.2 Å². The summed E-state index contributed by atoms with van der Waals surface area (Å²) in [6.45, 7) is -0.144. The number of hydrogen-bond acceptors (Lipinski definition) is 5. The van der Waals surface area contributed by atoms with Crippen LogP contribution < -0.4 is 15.2 Å². The zero-order chi connectivity index (χ0) is 17.0. The summed E-state index contributed by atoms with van der Waals surface area (Å²) >= 11 is 5.86. The van der Waals surface area contributed by atoms with E-state index in [2.05, 4.69) is 5.32 Å². The van der Waals surface area contributed by atoms with Gasteiger partial charge in [0.2, 0.25) is 0 Å². The molecular formula is C15H12ClN2O5-. The van der Waals surface area contributed by atoms with Crippen LogP contribution in [0.4, 0.5) is 5.69 Å². The van der Waals surface area contributed by atoms with Gasteiger partial charge in [0, 0.05) is 23.7 Å². The number of amides is 1. The number of nitro benzene ring substituents is 1. The maximum atomic E-state index is 12.2. The first kappa shape index (κ1) is 16.6. The van der Waals surface area contributed by atoms with E-state index in [1.165, 1.54) is 13.2 Å². The standard InChI is InChI=1S/C15H13ClN2O5/c1-23-14-5-2-10(16)7-12(14)15(20)17-8-9-6-11(18(21)22)3-4-13(9)19/h2-7,19H,8H2,1H3,(H,17,20)/p-1. The van der Waals surface area contributed by atoms with Crippen molar-refractivity contribution < 1.29 is 19.6 Å². The number of carbonyl (C=O) groups is 1. The van der Waals surface area contributed by atoms with Crippen molar-refractivity contribution in [2.24, 2.45) is 0 Å². The number of nitro groups is 1. The lowest BCUT2D eigenvalue weighted by Gasteiger charge is -2.14. The van der Waals surface area contributed by atoms with Crippen molar-refractivity contribution in [3.63, 3.8) is 0 Å². The SMILES string of the molecule is COc1ccc(Cl)cc1C(=O)NCc1cc([N+](=O)[O-])ccc1[O-]. The molecule has 0 heterocycles. The predicted octanol–water partition coefficient (Wildman–Crippen LogP) is 2.26. The predicted molar refractivity (Wildman–Crippen MR) is 81.7 cm³/mol. The van der Waals surface area contributed by atoms with Crippen molar-refractivity contribution in [2.75, 3.05) is 7.11 Å². The molecule has 0 atom stereocenters. The molecule has 120 valence electrons. The van der Waals surface area contributed by atoms with Gasteiger partial charge in [0.25, 0.3) is 11.6 Å². The second-order valence-electron chi connectivity index (χ2n) is 4.58. The molecule has 0 radical (unpaired) electrons. The molecule has 2 rings (SSSR count). The van der Waals surface area contributed by atoms with Gasteiger partial charge in [-0.3, -0.25) is 14.9 Å². The Kier molecular flexibility index (Phi) is 5.02. The minimum atomic E-state index is -0.606. The number of halogens is 1. The number of benzene rings is 2. The summed E-state index contributed by atoms with van der Waals surface area (Å²) in [5.74, 6) is -0.572. The lowest BCUT2D eigenvalue weighted by molar-refractivity contribution is -0.385. The van der Waals surface area contributed by atoms with Gasteiger partial charge in [-0.2, -0.15) is 0 Å². The summed E-state index contributed by atoms with van der Waals surface area (Å²) in [6, 6.07) is 7.91. The fourth-order valence-corrected chi connectivity index (χ4v) is 2.12. The van der Waals surface area contributed by atoms with Crippen LogP contribution in [0.15, 0.2) is 36.4 Å². The second-order valence-corrected chi connectivity index (χ2v) is 5.01. The van der Waals surface area contributed by atoms with Crippen LogP contribution in [-0.2, 0) is 6.54 Å². The van der Waals surface area contributed by atoms with Gasteiger partial charge in [0.1, 0.15) is 5.75 Å². The van der Waals surface area contributed by atoms with Crippen LogP contribution in [-0.4, -0.2) is 17.9 Å². The lowest BCUT2D eigenvalue weighted by atomic mass is 10.1. The summed E-state index contributed by atoms with van der Waals surface area (Å²) < 4.78 is 5.08. The molecule has 2 aromatic carbocycles. The number of nitrogens with one attached hydrogen (secondary N) is 1. The largest absolute Gasteiger partial charge is 0.872 e. The Balaban J connectivity index is 2.18. The van der Waals surface area contributed by atoms with Crippen molar-refractivity contribution in [1.29, 1.82) is 0 Å². The smallest absolute Gasteiger partial charge is 0.269 e. The third-order valence-corrected chi connectivity index (χ3v) is 3.34.